The van der Waals surface area contributed by atoms with Crippen LogP contribution in [0.3, 0.4) is 0 Å². The van der Waals surface area contributed by atoms with Crippen molar-refractivity contribution >= 4 is 23.8 Å². The first-order chi connectivity index (χ1) is 7.08. The molecule has 0 spiro atoms. The highest BCUT2D eigenvalue weighted by Gasteiger charge is 2.09. The maximum absolute atomic E-state index is 13.4. The first kappa shape index (κ1) is 10.3. The average Bonchev–Trinajstić information content (AvgIpc) is 2.51. The van der Waals surface area contributed by atoms with E-state index in [1.165, 1.54) is 22.9 Å². The fraction of sp³-hybridized carbons (Fsp3) is 0.111. The summed E-state index contributed by atoms with van der Waals surface area (Å²) >= 11 is 10.7. The first-order valence-electron chi connectivity index (χ1n) is 4.16. The van der Waals surface area contributed by atoms with Gasteiger partial charge in [0.2, 0.25) is 4.77 Å². The topological polar surface area (TPSA) is 33.6 Å². The third-order valence-electron chi connectivity index (χ3n) is 1.95. The average molecular weight is 244 g/mol. The molecule has 0 fully saturated rings. The zero-order valence-corrected chi connectivity index (χ0v) is 9.36. The Hall–Kier alpha value is -1.20. The summed E-state index contributed by atoms with van der Waals surface area (Å²) in [5.74, 6) is -0.00810. The number of benzene rings is 1. The second kappa shape index (κ2) is 3.75. The number of rotatable bonds is 1. The molecule has 0 aliphatic rings. The number of hydrogen-bond donors (Lipinski definition) is 1. The van der Waals surface area contributed by atoms with Gasteiger partial charge in [-0.3, -0.25) is 9.78 Å². The molecule has 0 amide bonds. The number of nitrogens with zero attached hydrogens (tertiary/aromatic N) is 2. The van der Waals surface area contributed by atoms with Gasteiger partial charge in [0.1, 0.15) is 5.82 Å². The van der Waals surface area contributed by atoms with Gasteiger partial charge in [0.05, 0.1) is 5.56 Å². The molecule has 3 nitrogen and oxygen atoms in total. The standard InChI is InChI=1S/C9H7ClFN3S/c1-14-9(15)12-8(13-14)6-4-5(10)2-3-7(6)11/h2-4H,1H3,(H,12,13,15). The molecular weight excluding hydrogens is 237 g/mol. The number of aryl methyl sites for hydroxylation is 1. The molecule has 0 saturated carbocycles. The number of nitrogens with one attached hydrogen (secondary N) is 1. The number of halogens is 2. The van der Waals surface area contributed by atoms with Crippen molar-refractivity contribution in [3.8, 4) is 11.4 Å². The van der Waals surface area contributed by atoms with Crippen LogP contribution in [0, 0.1) is 10.6 Å². The van der Waals surface area contributed by atoms with Crippen LogP contribution in [0.4, 0.5) is 4.39 Å². The van der Waals surface area contributed by atoms with Crippen LogP contribution in [0.25, 0.3) is 11.4 Å². The quantitative estimate of drug-likeness (QED) is 0.782. The predicted molar refractivity (Wildman–Crippen MR) is 58.8 cm³/mol. The van der Waals surface area contributed by atoms with E-state index in [0.29, 0.717) is 21.2 Å². The van der Waals surface area contributed by atoms with Crippen LogP contribution in [0.15, 0.2) is 18.2 Å². The lowest BCUT2D eigenvalue weighted by atomic mass is 10.2. The zero-order valence-electron chi connectivity index (χ0n) is 7.79. The zero-order chi connectivity index (χ0) is 11.0. The molecule has 1 aromatic carbocycles. The summed E-state index contributed by atoms with van der Waals surface area (Å²) in [6, 6.07) is 4.28. The van der Waals surface area contributed by atoms with Crippen molar-refractivity contribution < 1.29 is 4.39 Å². The lowest BCUT2D eigenvalue weighted by Crippen LogP contribution is -1.91. The van der Waals surface area contributed by atoms with Crippen molar-refractivity contribution in [3.05, 3.63) is 33.8 Å². The fourth-order valence-corrected chi connectivity index (χ4v) is 1.51. The minimum Gasteiger partial charge on any atom is -0.279 e. The third kappa shape index (κ3) is 1.93. The largest absolute Gasteiger partial charge is 0.279 e. The summed E-state index contributed by atoms with van der Waals surface area (Å²) in [6.45, 7) is 0. The Kier molecular flexibility index (Phi) is 2.58. The molecule has 2 rings (SSSR count). The third-order valence-corrected chi connectivity index (χ3v) is 2.55. The van der Waals surface area contributed by atoms with Crippen LogP contribution in [-0.2, 0) is 7.05 Å². The lowest BCUT2D eigenvalue weighted by Gasteiger charge is -1.99. The van der Waals surface area contributed by atoms with Crippen LogP contribution in [-0.4, -0.2) is 14.8 Å². The van der Waals surface area contributed by atoms with E-state index in [2.05, 4.69) is 10.1 Å². The van der Waals surface area contributed by atoms with Crippen LogP contribution in [0.5, 0.6) is 0 Å². The van der Waals surface area contributed by atoms with Crippen molar-refractivity contribution in [2.75, 3.05) is 0 Å². The summed E-state index contributed by atoms with van der Waals surface area (Å²) < 4.78 is 15.3. The monoisotopic (exact) mass is 243 g/mol. The smallest absolute Gasteiger partial charge is 0.216 e. The maximum atomic E-state index is 13.4. The van der Waals surface area contributed by atoms with Crippen molar-refractivity contribution in [1.29, 1.82) is 0 Å². The summed E-state index contributed by atoms with van der Waals surface area (Å²) in [6.07, 6.45) is 0. The molecule has 1 N–H and O–H groups in total. The van der Waals surface area contributed by atoms with E-state index >= 15 is 0 Å². The molecule has 0 bridgehead atoms. The van der Waals surface area contributed by atoms with Gasteiger partial charge >= 0.3 is 0 Å². The molecule has 15 heavy (non-hydrogen) atoms. The Morgan fingerprint density at radius 2 is 2.27 bits per heavy atom. The van der Waals surface area contributed by atoms with Crippen LogP contribution in [0.2, 0.25) is 5.02 Å². The molecule has 1 heterocycles. The van der Waals surface area contributed by atoms with Gasteiger partial charge in [-0.1, -0.05) is 11.6 Å². The van der Waals surface area contributed by atoms with E-state index in [4.69, 9.17) is 23.8 Å². The molecule has 0 aliphatic heterocycles. The summed E-state index contributed by atoms with van der Waals surface area (Å²) in [5.41, 5.74) is 0.314. The molecular formula is C9H7ClFN3S. The van der Waals surface area contributed by atoms with Gasteiger partial charge in [-0.15, -0.1) is 0 Å². The highest BCUT2D eigenvalue weighted by molar-refractivity contribution is 7.71. The molecule has 6 heteroatoms. The van der Waals surface area contributed by atoms with Gasteiger partial charge in [0.15, 0.2) is 5.82 Å². The number of aromatic amines is 1. The van der Waals surface area contributed by atoms with Gasteiger partial charge in [-0.2, -0.15) is 4.98 Å². The van der Waals surface area contributed by atoms with Crippen molar-refractivity contribution in [3.63, 3.8) is 0 Å². The molecule has 78 valence electrons. The molecule has 0 radical (unpaired) electrons. The van der Waals surface area contributed by atoms with E-state index in [-0.39, 0.29) is 5.82 Å². The number of H-pyrrole nitrogens is 1. The van der Waals surface area contributed by atoms with Crippen LogP contribution < -0.4 is 0 Å². The van der Waals surface area contributed by atoms with Gasteiger partial charge < -0.3 is 0 Å². The highest BCUT2D eigenvalue weighted by atomic mass is 35.5. The Balaban J connectivity index is 2.63. The number of hydrogen-bond acceptors (Lipinski definition) is 2. The Labute approximate surface area is 95.5 Å². The molecule has 1 aromatic heterocycles. The van der Waals surface area contributed by atoms with Crippen LogP contribution >= 0.6 is 23.8 Å². The molecule has 0 aliphatic carbocycles. The minimum absolute atomic E-state index is 0.314. The molecule has 0 saturated heterocycles. The minimum atomic E-state index is -0.385. The Bertz CT molecular complexity index is 561. The van der Waals surface area contributed by atoms with E-state index in [0.717, 1.165) is 0 Å². The highest BCUT2D eigenvalue weighted by Crippen LogP contribution is 2.22. The van der Waals surface area contributed by atoms with Gasteiger partial charge in [0.25, 0.3) is 0 Å². The van der Waals surface area contributed by atoms with Crippen LogP contribution in [0.1, 0.15) is 0 Å². The van der Waals surface area contributed by atoms with E-state index in [9.17, 15) is 4.39 Å². The molecule has 2 aromatic rings. The molecule has 0 unspecified atom stereocenters. The van der Waals surface area contributed by atoms with E-state index in [1.807, 2.05) is 0 Å². The van der Waals surface area contributed by atoms with Gasteiger partial charge in [-0.25, -0.2) is 4.39 Å². The van der Waals surface area contributed by atoms with Gasteiger partial charge in [-0.05, 0) is 30.4 Å². The fourth-order valence-electron chi connectivity index (χ4n) is 1.20. The number of aromatic nitrogens is 3. The van der Waals surface area contributed by atoms with E-state index in [1.54, 1.807) is 7.05 Å². The normalized spacial score (nSPS) is 10.6. The van der Waals surface area contributed by atoms with Crippen molar-refractivity contribution in [2.45, 2.75) is 0 Å². The predicted octanol–water partition coefficient (Wildman–Crippen LogP) is 2.94. The second-order valence-corrected chi connectivity index (χ2v) is 3.84. The van der Waals surface area contributed by atoms with Gasteiger partial charge in [0, 0.05) is 12.1 Å². The Morgan fingerprint density at radius 1 is 1.53 bits per heavy atom. The summed E-state index contributed by atoms with van der Waals surface area (Å²) in [5, 5.41) is 3.29. The summed E-state index contributed by atoms with van der Waals surface area (Å²) in [7, 11) is 1.71. The first-order valence-corrected chi connectivity index (χ1v) is 4.95. The maximum Gasteiger partial charge on any atom is 0.216 e. The lowest BCUT2D eigenvalue weighted by molar-refractivity contribution is 0.629. The second-order valence-electron chi connectivity index (χ2n) is 3.04. The molecule has 0 atom stereocenters. The van der Waals surface area contributed by atoms with Crippen molar-refractivity contribution in [2.24, 2.45) is 7.05 Å². The summed E-state index contributed by atoms with van der Waals surface area (Å²) in [4.78, 5) is 4.01. The Morgan fingerprint density at radius 3 is 2.87 bits per heavy atom. The van der Waals surface area contributed by atoms with Crippen molar-refractivity contribution in [1.82, 2.24) is 14.8 Å². The SMILES string of the molecule is Cn1[nH]c(-c2cc(Cl)ccc2F)nc1=S. The van der Waals surface area contributed by atoms with E-state index < -0.39 is 0 Å².